The number of pyridine rings is 1. The molecule has 1 aromatic rings. The minimum atomic E-state index is -0.766. The Bertz CT molecular complexity index is 386. The fraction of sp³-hybridized carbons (Fsp3) is 0.545. The highest BCUT2D eigenvalue weighted by molar-refractivity contribution is 9.10. The summed E-state index contributed by atoms with van der Waals surface area (Å²) in [7, 11) is 0. The summed E-state index contributed by atoms with van der Waals surface area (Å²) in [5.41, 5.74) is 6.44. The van der Waals surface area contributed by atoms with Crippen LogP contribution in [0, 0.1) is 6.92 Å². The topological polar surface area (TPSA) is 91.4 Å². The van der Waals surface area contributed by atoms with E-state index in [9.17, 15) is 10.2 Å². The molecule has 0 bridgehead atoms. The third-order valence-electron chi connectivity index (χ3n) is 2.97. The Morgan fingerprint density at radius 3 is 2.53 bits per heavy atom. The number of rotatable bonds is 5. The van der Waals surface area contributed by atoms with Gasteiger partial charge in [0.25, 0.3) is 0 Å². The van der Waals surface area contributed by atoms with Crippen LogP contribution in [0.3, 0.4) is 0 Å². The van der Waals surface area contributed by atoms with Crippen LogP contribution < -0.4 is 11.1 Å². The van der Waals surface area contributed by atoms with Crippen molar-refractivity contribution in [1.29, 1.82) is 0 Å². The van der Waals surface area contributed by atoms with Gasteiger partial charge in [-0.05, 0) is 34.8 Å². The van der Waals surface area contributed by atoms with Gasteiger partial charge in [0.2, 0.25) is 0 Å². The van der Waals surface area contributed by atoms with E-state index >= 15 is 0 Å². The molecule has 0 fully saturated rings. The Balaban J connectivity index is 3.06. The van der Waals surface area contributed by atoms with E-state index in [2.05, 4.69) is 26.2 Å². The molecule has 5 nitrogen and oxygen atoms in total. The van der Waals surface area contributed by atoms with Crippen molar-refractivity contribution in [3.8, 4) is 0 Å². The first-order valence-corrected chi connectivity index (χ1v) is 6.19. The molecule has 5 N–H and O–H groups in total. The third-order valence-corrected chi connectivity index (χ3v) is 3.94. The summed E-state index contributed by atoms with van der Waals surface area (Å²) in [6, 6.07) is 0. The van der Waals surface area contributed by atoms with Crippen molar-refractivity contribution in [3.63, 3.8) is 0 Å². The molecule has 0 unspecified atom stereocenters. The zero-order valence-corrected chi connectivity index (χ0v) is 11.6. The van der Waals surface area contributed by atoms with Gasteiger partial charge < -0.3 is 21.3 Å². The van der Waals surface area contributed by atoms with E-state index in [4.69, 9.17) is 5.73 Å². The van der Waals surface area contributed by atoms with E-state index in [0.29, 0.717) is 17.9 Å². The maximum absolute atomic E-state index is 9.36. The quantitative estimate of drug-likeness (QED) is 0.658. The first-order chi connectivity index (χ1) is 7.99. The van der Waals surface area contributed by atoms with Crippen LogP contribution in [-0.4, -0.2) is 33.9 Å². The molecule has 0 aliphatic carbocycles. The smallest absolute Gasteiger partial charge is 0.141 e. The number of aromatic nitrogens is 1. The van der Waals surface area contributed by atoms with Crippen LogP contribution in [-0.2, 0) is 0 Å². The fourth-order valence-corrected chi connectivity index (χ4v) is 1.80. The van der Waals surface area contributed by atoms with Crippen molar-refractivity contribution >= 4 is 27.4 Å². The maximum atomic E-state index is 9.36. The van der Waals surface area contributed by atoms with Gasteiger partial charge in [0, 0.05) is 0 Å². The second-order valence-corrected chi connectivity index (χ2v) is 4.87. The molecule has 1 aromatic heterocycles. The van der Waals surface area contributed by atoms with Gasteiger partial charge in [-0.15, -0.1) is 0 Å². The van der Waals surface area contributed by atoms with E-state index in [0.717, 1.165) is 10.0 Å². The molecule has 0 saturated carbocycles. The minimum Gasteiger partial charge on any atom is -0.397 e. The molecule has 0 saturated heterocycles. The molecule has 0 radical (unpaired) electrons. The number of anilines is 2. The van der Waals surface area contributed by atoms with Gasteiger partial charge in [0.1, 0.15) is 5.82 Å². The average molecular weight is 304 g/mol. The number of aliphatic hydroxyl groups excluding tert-OH is 2. The normalized spacial score (nSPS) is 11.6. The Kier molecular flexibility index (Phi) is 4.73. The highest BCUT2D eigenvalue weighted by Gasteiger charge is 2.27. The average Bonchev–Trinajstić information content (AvgIpc) is 2.36. The Hall–Kier alpha value is -0.850. The van der Waals surface area contributed by atoms with Crippen molar-refractivity contribution in [2.24, 2.45) is 0 Å². The van der Waals surface area contributed by atoms with Crippen LogP contribution in [0.1, 0.15) is 18.9 Å². The summed E-state index contributed by atoms with van der Waals surface area (Å²) in [6.07, 6.45) is 2.13. The lowest BCUT2D eigenvalue weighted by Crippen LogP contribution is -2.45. The predicted molar refractivity (Wildman–Crippen MR) is 71.9 cm³/mol. The van der Waals surface area contributed by atoms with E-state index in [-0.39, 0.29) is 13.2 Å². The van der Waals surface area contributed by atoms with Crippen LogP contribution in [0.2, 0.25) is 0 Å². The van der Waals surface area contributed by atoms with Crippen LogP contribution in [0.15, 0.2) is 10.7 Å². The van der Waals surface area contributed by atoms with Crippen LogP contribution in [0.5, 0.6) is 0 Å². The summed E-state index contributed by atoms with van der Waals surface area (Å²) in [5, 5.41) is 21.8. The van der Waals surface area contributed by atoms with E-state index in [1.165, 1.54) is 0 Å². The molecular formula is C11H18BrN3O2. The summed E-state index contributed by atoms with van der Waals surface area (Å²) in [4.78, 5) is 4.16. The van der Waals surface area contributed by atoms with Gasteiger partial charge in [-0.25, -0.2) is 4.98 Å². The third kappa shape index (κ3) is 2.88. The molecule has 96 valence electrons. The lowest BCUT2D eigenvalue weighted by molar-refractivity contribution is 0.132. The maximum Gasteiger partial charge on any atom is 0.141 e. The number of hydrogen-bond acceptors (Lipinski definition) is 5. The van der Waals surface area contributed by atoms with Gasteiger partial charge >= 0.3 is 0 Å². The number of hydrogen-bond donors (Lipinski definition) is 4. The van der Waals surface area contributed by atoms with E-state index in [1.807, 2.05) is 13.8 Å². The van der Waals surface area contributed by atoms with Crippen LogP contribution >= 0.6 is 15.9 Å². The largest absolute Gasteiger partial charge is 0.397 e. The minimum absolute atomic E-state index is 0.169. The number of halogens is 1. The lowest BCUT2D eigenvalue weighted by Gasteiger charge is -2.31. The monoisotopic (exact) mass is 303 g/mol. The molecular weight excluding hydrogens is 286 g/mol. The Morgan fingerprint density at radius 2 is 2.06 bits per heavy atom. The van der Waals surface area contributed by atoms with Crippen molar-refractivity contribution in [2.75, 3.05) is 24.3 Å². The number of nitrogens with zero attached hydrogens (tertiary/aromatic N) is 1. The second kappa shape index (κ2) is 5.66. The van der Waals surface area contributed by atoms with Crippen molar-refractivity contribution in [3.05, 3.63) is 16.2 Å². The van der Waals surface area contributed by atoms with Crippen molar-refractivity contribution in [1.82, 2.24) is 4.98 Å². The number of nitrogens with one attached hydrogen (secondary N) is 1. The first kappa shape index (κ1) is 14.2. The zero-order valence-electron chi connectivity index (χ0n) is 10.00. The predicted octanol–water partition coefficient (Wildman–Crippen LogP) is 1.28. The van der Waals surface area contributed by atoms with Gasteiger partial charge in [-0.2, -0.15) is 0 Å². The highest BCUT2D eigenvalue weighted by Crippen LogP contribution is 2.30. The SMILES string of the molecule is CCC(CO)(CO)Nc1ncc(N)c(C)c1Br. The molecule has 0 spiro atoms. The summed E-state index contributed by atoms with van der Waals surface area (Å²) >= 11 is 3.40. The molecule has 0 aromatic carbocycles. The van der Waals surface area contributed by atoms with Crippen molar-refractivity contribution in [2.45, 2.75) is 25.8 Å². The zero-order chi connectivity index (χ0) is 13.1. The molecule has 0 aliphatic heterocycles. The molecule has 0 atom stereocenters. The lowest BCUT2D eigenvalue weighted by atomic mass is 9.98. The number of nitrogen functional groups attached to an aromatic ring is 1. The molecule has 1 heterocycles. The molecule has 17 heavy (non-hydrogen) atoms. The summed E-state index contributed by atoms with van der Waals surface area (Å²) in [5.74, 6) is 0.571. The standard InChI is InChI=1S/C11H18BrN3O2/c1-3-11(5-16,6-17)15-10-9(12)7(2)8(13)4-14-10/h4,16-17H,3,5-6,13H2,1-2H3,(H,14,15). The Labute approximate surface area is 109 Å². The van der Waals surface area contributed by atoms with Gasteiger partial charge in [-0.1, -0.05) is 6.92 Å². The summed E-state index contributed by atoms with van der Waals surface area (Å²) < 4.78 is 0.747. The first-order valence-electron chi connectivity index (χ1n) is 5.40. The molecule has 0 aliphatic rings. The van der Waals surface area contributed by atoms with Crippen molar-refractivity contribution < 1.29 is 10.2 Å². The van der Waals surface area contributed by atoms with Gasteiger partial charge in [0.05, 0.1) is 35.1 Å². The van der Waals surface area contributed by atoms with Gasteiger partial charge in [-0.3, -0.25) is 0 Å². The fourth-order valence-electron chi connectivity index (χ4n) is 1.37. The molecule has 1 rings (SSSR count). The number of aliphatic hydroxyl groups is 2. The van der Waals surface area contributed by atoms with Crippen LogP contribution in [0.4, 0.5) is 11.5 Å². The Morgan fingerprint density at radius 1 is 1.47 bits per heavy atom. The molecule has 0 amide bonds. The van der Waals surface area contributed by atoms with Crippen LogP contribution in [0.25, 0.3) is 0 Å². The summed E-state index contributed by atoms with van der Waals surface area (Å²) in [6.45, 7) is 3.42. The molecule has 6 heteroatoms. The van der Waals surface area contributed by atoms with E-state index in [1.54, 1.807) is 6.20 Å². The highest BCUT2D eigenvalue weighted by atomic mass is 79.9. The van der Waals surface area contributed by atoms with E-state index < -0.39 is 5.54 Å². The number of nitrogens with two attached hydrogens (primary N) is 1. The second-order valence-electron chi connectivity index (χ2n) is 4.08. The van der Waals surface area contributed by atoms with Gasteiger partial charge in [0.15, 0.2) is 0 Å².